The predicted octanol–water partition coefficient (Wildman–Crippen LogP) is 6.80. The van der Waals surface area contributed by atoms with E-state index in [2.05, 4.69) is 110 Å². The molecule has 0 aliphatic rings. The maximum Gasteiger partial charge on any atom is 0.215 e. The van der Waals surface area contributed by atoms with Crippen molar-refractivity contribution in [3.8, 4) is 11.3 Å². The lowest BCUT2D eigenvalue weighted by Gasteiger charge is -2.10. The summed E-state index contributed by atoms with van der Waals surface area (Å²) in [7, 11) is 2.16. The molecule has 0 aliphatic heterocycles. The van der Waals surface area contributed by atoms with Crippen LogP contribution in [0.2, 0.25) is 0 Å². The van der Waals surface area contributed by atoms with Crippen molar-refractivity contribution in [2.75, 3.05) is 0 Å². The van der Waals surface area contributed by atoms with E-state index in [1.807, 2.05) is 0 Å². The first-order valence-corrected chi connectivity index (χ1v) is 11.5. The van der Waals surface area contributed by atoms with Gasteiger partial charge in [-0.2, -0.15) is 0 Å². The van der Waals surface area contributed by atoms with Crippen LogP contribution in [0.4, 0.5) is 0 Å². The van der Waals surface area contributed by atoms with Crippen molar-refractivity contribution in [3.63, 3.8) is 0 Å². The molecule has 0 saturated heterocycles. The van der Waals surface area contributed by atoms with E-state index >= 15 is 0 Å². The molecule has 7 aromatic rings. The normalized spacial score (nSPS) is 12.2. The predicted molar refractivity (Wildman–Crippen MR) is 137 cm³/mol. The average Bonchev–Trinajstić information content (AvgIpc) is 3.32. The third-order valence-electron chi connectivity index (χ3n) is 7.31. The maximum absolute atomic E-state index is 4.99. The number of benzene rings is 3. The van der Waals surface area contributed by atoms with Crippen LogP contribution in [0.3, 0.4) is 0 Å². The van der Waals surface area contributed by atoms with Crippen molar-refractivity contribution in [2.45, 2.75) is 20.8 Å². The molecule has 0 N–H and O–H groups in total. The Morgan fingerprint density at radius 2 is 1.42 bits per heavy atom. The van der Waals surface area contributed by atoms with Gasteiger partial charge in [-0.3, -0.25) is 4.98 Å². The number of pyridine rings is 2. The zero-order chi connectivity index (χ0) is 22.4. The number of hydrogen-bond acceptors (Lipinski definition) is 1. The van der Waals surface area contributed by atoms with Crippen molar-refractivity contribution < 1.29 is 4.57 Å². The Bertz CT molecular complexity index is 1910. The smallest absolute Gasteiger partial charge is 0.215 e. The third-order valence-corrected chi connectivity index (χ3v) is 7.31. The van der Waals surface area contributed by atoms with Gasteiger partial charge in [0.25, 0.3) is 0 Å². The van der Waals surface area contributed by atoms with Gasteiger partial charge in [-0.05, 0) is 43.9 Å². The Morgan fingerprint density at radius 1 is 0.727 bits per heavy atom. The van der Waals surface area contributed by atoms with Crippen molar-refractivity contribution >= 4 is 48.9 Å². The van der Waals surface area contributed by atoms with E-state index in [1.165, 1.54) is 65.7 Å². The molecule has 33 heavy (non-hydrogen) atoms. The van der Waals surface area contributed by atoms with Gasteiger partial charge in [0.2, 0.25) is 5.69 Å². The number of rotatable bonds is 1. The van der Waals surface area contributed by atoms with Crippen LogP contribution in [0.5, 0.6) is 0 Å². The minimum Gasteiger partial charge on any atom is -0.307 e. The molecule has 0 spiro atoms. The van der Waals surface area contributed by atoms with Gasteiger partial charge in [-0.1, -0.05) is 48.5 Å². The maximum atomic E-state index is 4.99. The van der Waals surface area contributed by atoms with Crippen molar-refractivity contribution in [1.82, 2.24) is 9.38 Å². The second-order valence-corrected chi connectivity index (χ2v) is 9.29. The zero-order valence-electron chi connectivity index (χ0n) is 19.3. The largest absolute Gasteiger partial charge is 0.307 e. The Kier molecular flexibility index (Phi) is 3.54. The first-order valence-electron chi connectivity index (χ1n) is 11.5. The van der Waals surface area contributed by atoms with Crippen LogP contribution in [0.1, 0.15) is 17.0 Å². The van der Waals surface area contributed by atoms with E-state index in [9.17, 15) is 0 Å². The molecule has 0 radical (unpaired) electrons. The lowest BCUT2D eigenvalue weighted by atomic mass is 9.98. The quantitative estimate of drug-likeness (QED) is 0.264. The summed E-state index contributed by atoms with van der Waals surface area (Å²) in [4.78, 5) is 4.99. The van der Waals surface area contributed by atoms with Crippen LogP contribution < -0.4 is 4.57 Å². The summed E-state index contributed by atoms with van der Waals surface area (Å²) in [5, 5.41) is 7.61. The molecule has 4 aromatic heterocycles. The standard InChI is InChI=1S/C30H24N3/c1-17-13-14-23-28-19(3)31-18(2)27-22-11-7-8-12-24(22)33(30(27)28)29(23)26(17)25-15-20-9-5-6-10-21(20)16-32(25)4/h5-16H,1-4H3/q+1. The number of aromatic nitrogens is 3. The summed E-state index contributed by atoms with van der Waals surface area (Å²) < 4.78 is 4.77. The van der Waals surface area contributed by atoms with E-state index in [4.69, 9.17) is 4.98 Å². The molecule has 3 heteroatoms. The highest BCUT2D eigenvalue weighted by Crippen LogP contribution is 2.44. The Morgan fingerprint density at radius 3 is 2.24 bits per heavy atom. The number of aryl methyl sites for hydroxylation is 4. The topological polar surface area (TPSA) is 21.2 Å². The van der Waals surface area contributed by atoms with Gasteiger partial charge in [0.1, 0.15) is 7.05 Å². The number of fused-ring (bicyclic) bond motifs is 7. The van der Waals surface area contributed by atoms with Crippen LogP contribution in [-0.4, -0.2) is 9.38 Å². The molecule has 0 fully saturated rings. The van der Waals surface area contributed by atoms with Crippen LogP contribution >= 0.6 is 0 Å². The third kappa shape index (κ3) is 2.29. The summed E-state index contributed by atoms with van der Waals surface area (Å²) in [5.41, 5.74) is 9.81. The highest BCUT2D eigenvalue weighted by atomic mass is 15.0. The molecule has 158 valence electrons. The van der Waals surface area contributed by atoms with Gasteiger partial charge in [-0.15, -0.1) is 0 Å². The summed E-state index contributed by atoms with van der Waals surface area (Å²) in [6.45, 7) is 6.52. The minimum absolute atomic E-state index is 1.10. The van der Waals surface area contributed by atoms with Gasteiger partial charge < -0.3 is 4.40 Å². The van der Waals surface area contributed by atoms with Crippen LogP contribution in [0, 0.1) is 20.8 Å². The SMILES string of the molecule is Cc1ccc2c3c(C)nc(C)c4c5ccccc5n(c2c1-c1cc2ccccc2c[n+]1C)c43. The molecule has 0 saturated carbocycles. The second kappa shape index (κ2) is 6.29. The van der Waals surface area contributed by atoms with Gasteiger partial charge >= 0.3 is 0 Å². The number of para-hydroxylation sites is 1. The Hall–Kier alpha value is -3.98. The van der Waals surface area contributed by atoms with Gasteiger partial charge in [0, 0.05) is 44.4 Å². The number of hydrogen-bond donors (Lipinski definition) is 0. The highest BCUT2D eigenvalue weighted by Gasteiger charge is 2.26. The Labute approximate surface area is 191 Å². The molecule has 0 bridgehead atoms. The van der Waals surface area contributed by atoms with Crippen LogP contribution in [0.15, 0.2) is 72.9 Å². The molecule has 0 aliphatic carbocycles. The lowest BCUT2D eigenvalue weighted by molar-refractivity contribution is -0.659. The van der Waals surface area contributed by atoms with Crippen LogP contribution in [0.25, 0.3) is 60.1 Å². The fraction of sp³-hybridized carbons (Fsp3) is 0.133. The minimum atomic E-state index is 1.10. The van der Waals surface area contributed by atoms with Crippen LogP contribution in [-0.2, 0) is 7.05 Å². The average molecular weight is 427 g/mol. The summed E-state index contributed by atoms with van der Waals surface area (Å²) in [5.74, 6) is 0. The zero-order valence-corrected chi connectivity index (χ0v) is 19.3. The molecular formula is C30H24N3+. The van der Waals surface area contributed by atoms with E-state index in [0.717, 1.165) is 11.4 Å². The molecule has 7 rings (SSSR count). The summed E-state index contributed by atoms with van der Waals surface area (Å²) >= 11 is 0. The molecule has 3 aromatic carbocycles. The highest BCUT2D eigenvalue weighted by molar-refractivity contribution is 6.26. The molecule has 0 unspecified atom stereocenters. The summed E-state index contributed by atoms with van der Waals surface area (Å²) in [6.07, 6.45) is 2.24. The van der Waals surface area contributed by atoms with Gasteiger partial charge in [0.05, 0.1) is 22.1 Å². The van der Waals surface area contributed by atoms with E-state index in [0.29, 0.717) is 0 Å². The fourth-order valence-electron chi connectivity index (χ4n) is 5.92. The van der Waals surface area contributed by atoms with E-state index < -0.39 is 0 Å². The van der Waals surface area contributed by atoms with Crippen molar-refractivity contribution in [3.05, 3.63) is 89.9 Å². The van der Waals surface area contributed by atoms with E-state index in [1.54, 1.807) is 0 Å². The molecular weight excluding hydrogens is 402 g/mol. The summed E-state index contributed by atoms with van der Waals surface area (Å²) in [6, 6.07) is 24.2. The molecule has 0 atom stereocenters. The lowest BCUT2D eigenvalue weighted by Crippen LogP contribution is -2.30. The second-order valence-electron chi connectivity index (χ2n) is 9.29. The Balaban J connectivity index is 1.78. The van der Waals surface area contributed by atoms with Gasteiger partial charge in [-0.25, -0.2) is 4.57 Å². The molecule has 4 heterocycles. The number of nitrogens with zero attached hydrogens (tertiary/aromatic N) is 3. The fourth-order valence-corrected chi connectivity index (χ4v) is 5.92. The van der Waals surface area contributed by atoms with E-state index in [-0.39, 0.29) is 0 Å². The molecule has 3 nitrogen and oxygen atoms in total. The van der Waals surface area contributed by atoms with Crippen molar-refractivity contribution in [2.24, 2.45) is 7.05 Å². The first kappa shape index (κ1) is 18.6. The molecule has 0 amide bonds. The first-order chi connectivity index (χ1) is 16.0. The monoisotopic (exact) mass is 426 g/mol. The van der Waals surface area contributed by atoms with Crippen molar-refractivity contribution in [1.29, 1.82) is 0 Å². The van der Waals surface area contributed by atoms with Gasteiger partial charge in [0.15, 0.2) is 6.20 Å².